The first-order chi connectivity index (χ1) is 7.91. The van der Waals surface area contributed by atoms with E-state index in [0.29, 0.717) is 0 Å². The van der Waals surface area contributed by atoms with Gasteiger partial charge in [0.15, 0.2) is 12.4 Å². The zero-order valence-corrected chi connectivity index (χ0v) is 10.5. The fourth-order valence-corrected chi connectivity index (χ4v) is 1.55. The molecule has 0 amide bonds. The lowest BCUT2D eigenvalue weighted by Crippen LogP contribution is -2.12. The molecular formula is C11H9BrF2O3. The lowest BCUT2D eigenvalue weighted by Gasteiger charge is -2.06. The zero-order valence-electron chi connectivity index (χ0n) is 8.88. The van der Waals surface area contributed by atoms with Gasteiger partial charge in [0.2, 0.25) is 0 Å². The minimum absolute atomic E-state index is 0.0877. The van der Waals surface area contributed by atoms with Crippen molar-refractivity contribution in [2.45, 2.75) is 13.3 Å². The molecule has 0 saturated heterocycles. The highest BCUT2D eigenvalue weighted by Gasteiger charge is 2.15. The molecule has 0 aliphatic rings. The lowest BCUT2D eigenvalue weighted by atomic mass is 10.1. The molecule has 1 aromatic carbocycles. The van der Waals surface area contributed by atoms with Crippen LogP contribution in [0.3, 0.4) is 0 Å². The van der Waals surface area contributed by atoms with Gasteiger partial charge in [-0.2, -0.15) is 0 Å². The number of benzene rings is 1. The summed E-state index contributed by atoms with van der Waals surface area (Å²) in [5.41, 5.74) is -0.177. The maximum atomic E-state index is 12.6. The monoisotopic (exact) mass is 306 g/mol. The quantitative estimate of drug-likeness (QED) is 0.634. The number of Topliss-reactive ketones (excluding diaryl/α,β-unsaturated/α-hetero) is 1. The van der Waals surface area contributed by atoms with Gasteiger partial charge in [0.1, 0.15) is 0 Å². The Kier molecular flexibility index (Phi) is 4.74. The highest BCUT2D eigenvalue weighted by Crippen LogP contribution is 2.28. The molecule has 0 aliphatic carbocycles. The van der Waals surface area contributed by atoms with E-state index >= 15 is 0 Å². The van der Waals surface area contributed by atoms with E-state index in [0.717, 1.165) is 6.07 Å². The average molecular weight is 307 g/mol. The van der Waals surface area contributed by atoms with Gasteiger partial charge < -0.3 is 4.74 Å². The number of rotatable bonds is 4. The number of halogens is 3. The summed E-state index contributed by atoms with van der Waals surface area (Å²) in [5, 5.41) is 0. The van der Waals surface area contributed by atoms with Crippen LogP contribution >= 0.6 is 15.9 Å². The molecule has 0 aromatic heterocycles. The second-order valence-electron chi connectivity index (χ2n) is 3.24. The zero-order chi connectivity index (χ0) is 13.0. The molecule has 0 heterocycles. The van der Waals surface area contributed by atoms with Crippen LogP contribution in [-0.4, -0.2) is 18.4 Å². The van der Waals surface area contributed by atoms with Crippen LogP contribution in [-0.2, 0) is 9.53 Å². The first-order valence-electron chi connectivity index (χ1n) is 4.66. The Morgan fingerprint density at radius 1 is 1.41 bits per heavy atom. The Morgan fingerprint density at radius 3 is 2.59 bits per heavy atom. The third-order valence-corrected chi connectivity index (χ3v) is 2.68. The van der Waals surface area contributed by atoms with E-state index in [1.807, 2.05) is 0 Å². The van der Waals surface area contributed by atoms with E-state index in [4.69, 9.17) is 0 Å². The third kappa shape index (κ3) is 3.89. The molecule has 0 fully saturated rings. The summed E-state index contributed by atoms with van der Waals surface area (Å²) in [6.07, 6.45) is -2.68. The van der Waals surface area contributed by atoms with Crippen molar-refractivity contribution in [1.82, 2.24) is 0 Å². The predicted molar refractivity (Wildman–Crippen MR) is 60.1 cm³/mol. The summed E-state index contributed by atoms with van der Waals surface area (Å²) in [5.74, 6) is -1.11. The summed E-state index contributed by atoms with van der Waals surface area (Å²) in [6.45, 7) is 0.721. The highest BCUT2D eigenvalue weighted by molar-refractivity contribution is 9.10. The number of hydrogen-bond donors (Lipinski definition) is 0. The number of ketones is 1. The first kappa shape index (κ1) is 13.8. The van der Waals surface area contributed by atoms with Crippen LogP contribution in [0, 0.1) is 0 Å². The van der Waals surface area contributed by atoms with E-state index in [1.165, 1.54) is 19.1 Å². The number of alkyl halides is 2. The largest absolute Gasteiger partial charge is 0.457 e. The van der Waals surface area contributed by atoms with Crippen LogP contribution in [0.5, 0.6) is 0 Å². The summed E-state index contributed by atoms with van der Waals surface area (Å²) in [7, 11) is 0. The number of esters is 1. The van der Waals surface area contributed by atoms with E-state index < -0.39 is 24.8 Å². The van der Waals surface area contributed by atoms with Gasteiger partial charge >= 0.3 is 5.97 Å². The van der Waals surface area contributed by atoms with Crippen LogP contribution in [0.2, 0.25) is 0 Å². The van der Waals surface area contributed by atoms with Gasteiger partial charge in [-0.05, 0) is 12.1 Å². The molecule has 1 aromatic rings. The fourth-order valence-electron chi connectivity index (χ4n) is 1.13. The molecule has 0 spiro atoms. The molecule has 0 atom stereocenters. The molecule has 0 saturated carbocycles. The number of carbonyl (C=O) groups excluding carboxylic acids is 2. The second-order valence-corrected chi connectivity index (χ2v) is 4.09. The Hall–Kier alpha value is -1.30. The van der Waals surface area contributed by atoms with Crippen molar-refractivity contribution in [3.8, 4) is 0 Å². The average Bonchev–Trinajstić information content (AvgIpc) is 2.26. The van der Waals surface area contributed by atoms with Crippen molar-refractivity contribution in [2.24, 2.45) is 0 Å². The van der Waals surface area contributed by atoms with Gasteiger partial charge in [-0.1, -0.05) is 22.0 Å². The van der Waals surface area contributed by atoms with E-state index in [1.54, 1.807) is 0 Å². The molecule has 6 heteroatoms. The number of hydrogen-bond acceptors (Lipinski definition) is 3. The van der Waals surface area contributed by atoms with Crippen LogP contribution in [0.25, 0.3) is 0 Å². The fraction of sp³-hybridized carbons (Fsp3) is 0.273. The van der Waals surface area contributed by atoms with Gasteiger partial charge in [-0.15, -0.1) is 0 Å². The smallest absolute Gasteiger partial charge is 0.303 e. The maximum Gasteiger partial charge on any atom is 0.303 e. The highest BCUT2D eigenvalue weighted by atomic mass is 79.9. The standard InChI is InChI=1S/C11H9BrF2O3/c1-6(15)17-5-10(16)7-2-3-9(12)8(4-7)11(13)14/h2-4,11H,5H2,1H3. The lowest BCUT2D eigenvalue weighted by molar-refractivity contribution is -0.139. The van der Waals surface area contributed by atoms with Gasteiger partial charge in [0, 0.05) is 22.5 Å². The Balaban J connectivity index is 2.88. The first-order valence-corrected chi connectivity index (χ1v) is 5.45. The Morgan fingerprint density at radius 2 is 2.06 bits per heavy atom. The minimum Gasteiger partial charge on any atom is -0.457 e. The summed E-state index contributed by atoms with van der Waals surface area (Å²) in [4.78, 5) is 22.0. The van der Waals surface area contributed by atoms with Crippen molar-refractivity contribution in [2.75, 3.05) is 6.61 Å². The molecule has 17 heavy (non-hydrogen) atoms. The molecule has 3 nitrogen and oxygen atoms in total. The molecule has 0 radical (unpaired) electrons. The minimum atomic E-state index is -2.68. The van der Waals surface area contributed by atoms with Crippen LogP contribution < -0.4 is 0 Å². The van der Waals surface area contributed by atoms with E-state index in [2.05, 4.69) is 20.7 Å². The maximum absolute atomic E-state index is 12.6. The second kappa shape index (κ2) is 5.86. The molecule has 0 unspecified atom stereocenters. The van der Waals surface area contributed by atoms with Gasteiger partial charge in [0.25, 0.3) is 6.43 Å². The molecular weight excluding hydrogens is 298 g/mol. The normalized spacial score (nSPS) is 10.4. The topological polar surface area (TPSA) is 43.4 Å². The Labute approximate surface area is 105 Å². The molecule has 0 aliphatic heterocycles. The van der Waals surface area contributed by atoms with Gasteiger partial charge in [-0.25, -0.2) is 8.78 Å². The van der Waals surface area contributed by atoms with Crippen molar-refractivity contribution in [3.05, 3.63) is 33.8 Å². The SMILES string of the molecule is CC(=O)OCC(=O)c1ccc(Br)c(C(F)F)c1. The van der Waals surface area contributed by atoms with Crippen LogP contribution in [0.4, 0.5) is 8.78 Å². The molecule has 0 N–H and O–H groups in total. The summed E-state index contributed by atoms with van der Waals surface area (Å²) < 4.78 is 29.9. The molecule has 92 valence electrons. The molecule has 1 rings (SSSR count). The third-order valence-electron chi connectivity index (χ3n) is 1.96. The van der Waals surface area contributed by atoms with E-state index in [9.17, 15) is 18.4 Å². The summed E-state index contributed by atoms with van der Waals surface area (Å²) >= 11 is 2.97. The molecule has 0 bridgehead atoms. The van der Waals surface area contributed by atoms with Crippen molar-refractivity contribution in [3.63, 3.8) is 0 Å². The van der Waals surface area contributed by atoms with Crippen LogP contribution in [0.15, 0.2) is 22.7 Å². The van der Waals surface area contributed by atoms with Crippen molar-refractivity contribution in [1.29, 1.82) is 0 Å². The van der Waals surface area contributed by atoms with Crippen molar-refractivity contribution < 1.29 is 23.1 Å². The van der Waals surface area contributed by atoms with Crippen molar-refractivity contribution >= 4 is 27.7 Å². The van der Waals surface area contributed by atoms with E-state index in [-0.39, 0.29) is 15.6 Å². The van der Waals surface area contributed by atoms with Gasteiger partial charge in [-0.3, -0.25) is 9.59 Å². The number of carbonyl (C=O) groups is 2. The summed E-state index contributed by atoms with van der Waals surface area (Å²) in [6, 6.07) is 3.84. The van der Waals surface area contributed by atoms with Crippen LogP contribution in [0.1, 0.15) is 29.3 Å². The predicted octanol–water partition coefficient (Wildman–Crippen LogP) is 3.13. The van der Waals surface area contributed by atoms with Gasteiger partial charge in [0.05, 0.1) is 0 Å². The Bertz CT molecular complexity index is 446. The number of ether oxygens (including phenoxy) is 1.